The Morgan fingerprint density at radius 1 is 1.45 bits per heavy atom. The first-order valence-corrected chi connectivity index (χ1v) is 7.15. The maximum absolute atomic E-state index is 11.7. The van der Waals surface area contributed by atoms with Crippen LogP contribution in [0.4, 0.5) is 0 Å². The number of amides is 1. The molecule has 0 radical (unpaired) electrons. The van der Waals surface area contributed by atoms with Crippen molar-refractivity contribution in [1.82, 2.24) is 10.3 Å². The average Bonchev–Trinajstić information content (AvgIpc) is 2.87. The lowest BCUT2D eigenvalue weighted by Crippen LogP contribution is -2.25. The summed E-state index contributed by atoms with van der Waals surface area (Å²) in [6.45, 7) is 2.91. The maximum Gasteiger partial charge on any atom is 0.270 e. The highest BCUT2D eigenvalue weighted by Gasteiger charge is 2.09. The van der Waals surface area contributed by atoms with E-state index in [2.05, 4.69) is 10.3 Å². The summed E-state index contributed by atoms with van der Waals surface area (Å²) < 4.78 is 10.1. The monoisotopic (exact) mass is 323 g/mol. The quantitative estimate of drug-likeness (QED) is 0.623. The molecule has 20 heavy (non-hydrogen) atoms. The van der Waals surface area contributed by atoms with Crippen molar-refractivity contribution < 1.29 is 14.3 Å². The van der Waals surface area contributed by atoms with Crippen LogP contribution in [0.15, 0.2) is 5.38 Å². The lowest BCUT2D eigenvalue weighted by molar-refractivity contribution is 0.0688. The summed E-state index contributed by atoms with van der Waals surface area (Å²) in [4.78, 5) is 16.0. The van der Waals surface area contributed by atoms with Gasteiger partial charge in [0.05, 0.1) is 18.2 Å². The van der Waals surface area contributed by atoms with Gasteiger partial charge in [-0.2, -0.15) is 0 Å². The highest BCUT2D eigenvalue weighted by atomic mass is 35.5. The Morgan fingerprint density at radius 2 is 2.25 bits per heavy atom. The molecule has 0 aliphatic rings. The van der Waals surface area contributed by atoms with E-state index in [1.807, 2.05) is 0 Å². The third-order valence-corrected chi connectivity index (χ3v) is 3.23. The van der Waals surface area contributed by atoms with Crippen molar-refractivity contribution in [2.45, 2.75) is 12.8 Å². The van der Waals surface area contributed by atoms with Crippen LogP contribution in [0.25, 0.3) is 0 Å². The van der Waals surface area contributed by atoms with Crippen LogP contribution in [0.3, 0.4) is 0 Å². The number of nitrogens with one attached hydrogen (secondary N) is 1. The molecule has 1 amide bonds. The van der Waals surface area contributed by atoms with Crippen molar-refractivity contribution in [3.63, 3.8) is 0 Å². The van der Waals surface area contributed by atoms with E-state index in [0.29, 0.717) is 45.0 Å². The number of thiazole rings is 1. The third kappa shape index (κ3) is 7.76. The van der Waals surface area contributed by atoms with Gasteiger partial charge >= 0.3 is 0 Å². The van der Waals surface area contributed by atoms with Crippen LogP contribution in [0.1, 0.15) is 21.9 Å². The smallest absolute Gasteiger partial charge is 0.270 e. The number of ether oxygens (including phenoxy) is 2. The van der Waals surface area contributed by atoms with Gasteiger partial charge in [-0.05, 0) is 13.0 Å². The van der Waals surface area contributed by atoms with E-state index in [4.69, 9.17) is 15.2 Å². The van der Waals surface area contributed by atoms with Gasteiger partial charge in [0.25, 0.3) is 5.91 Å². The van der Waals surface area contributed by atoms with Crippen molar-refractivity contribution in [2.24, 2.45) is 5.73 Å². The molecule has 0 aliphatic heterocycles. The highest BCUT2D eigenvalue weighted by Crippen LogP contribution is 2.09. The van der Waals surface area contributed by atoms with Crippen LogP contribution in [-0.4, -0.2) is 50.9 Å². The largest absolute Gasteiger partial charge is 0.382 e. The Bertz CT molecular complexity index is 377. The number of nitrogens with zero attached hydrogens (tertiary/aromatic N) is 1. The molecule has 0 aliphatic carbocycles. The van der Waals surface area contributed by atoms with Crippen LogP contribution >= 0.6 is 23.7 Å². The molecule has 0 bridgehead atoms. The zero-order chi connectivity index (χ0) is 13.9. The molecular weight excluding hydrogens is 302 g/mol. The van der Waals surface area contributed by atoms with Gasteiger partial charge in [-0.3, -0.25) is 4.79 Å². The van der Waals surface area contributed by atoms with Crippen molar-refractivity contribution in [2.75, 3.05) is 40.0 Å². The van der Waals surface area contributed by atoms with Crippen LogP contribution < -0.4 is 11.1 Å². The van der Waals surface area contributed by atoms with Crippen LogP contribution in [0, 0.1) is 0 Å². The molecule has 1 aromatic heterocycles. The van der Waals surface area contributed by atoms with E-state index in [1.165, 1.54) is 11.3 Å². The summed E-state index contributed by atoms with van der Waals surface area (Å²) >= 11 is 1.46. The fourth-order valence-electron chi connectivity index (χ4n) is 1.36. The number of methoxy groups -OCH3 is 1. The minimum atomic E-state index is -0.142. The Labute approximate surface area is 129 Å². The van der Waals surface area contributed by atoms with Crippen molar-refractivity contribution >= 4 is 29.7 Å². The minimum absolute atomic E-state index is 0. The number of rotatable bonds is 10. The zero-order valence-electron chi connectivity index (χ0n) is 11.6. The number of hydrogen-bond donors (Lipinski definition) is 2. The van der Waals surface area contributed by atoms with E-state index in [0.717, 1.165) is 11.4 Å². The van der Waals surface area contributed by atoms with Gasteiger partial charge in [0.2, 0.25) is 0 Å². The lowest BCUT2D eigenvalue weighted by atomic mass is 10.4. The van der Waals surface area contributed by atoms with E-state index in [9.17, 15) is 4.79 Å². The van der Waals surface area contributed by atoms with E-state index in [-0.39, 0.29) is 18.3 Å². The Morgan fingerprint density at radius 3 is 2.95 bits per heavy atom. The fourth-order valence-corrected chi connectivity index (χ4v) is 2.16. The Hall–Kier alpha value is -0.730. The number of halogens is 1. The lowest BCUT2D eigenvalue weighted by Gasteiger charge is -2.04. The predicted molar refractivity (Wildman–Crippen MR) is 81.8 cm³/mol. The van der Waals surface area contributed by atoms with Gasteiger partial charge in [-0.1, -0.05) is 0 Å². The summed E-state index contributed by atoms with van der Waals surface area (Å²) in [6.07, 6.45) is 1.49. The molecule has 0 aromatic carbocycles. The SMILES string of the molecule is COCCOCCCNC(=O)c1csc(CCN)n1.Cl. The molecule has 0 saturated heterocycles. The first-order valence-electron chi connectivity index (χ1n) is 6.27. The number of carbonyl (C=O) groups is 1. The molecule has 1 heterocycles. The number of hydrogen-bond acceptors (Lipinski definition) is 6. The second-order valence-corrected chi connectivity index (χ2v) is 4.82. The molecule has 116 valence electrons. The molecule has 0 atom stereocenters. The van der Waals surface area contributed by atoms with Crippen LogP contribution in [0.2, 0.25) is 0 Å². The number of aromatic nitrogens is 1. The minimum Gasteiger partial charge on any atom is -0.382 e. The summed E-state index contributed by atoms with van der Waals surface area (Å²) in [5, 5.41) is 5.47. The van der Waals surface area contributed by atoms with Gasteiger partial charge in [-0.25, -0.2) is 4.98 Å². The van der Waals surface area contributed by atoms with Crippen molar-refractivity contribution in [1.29, 1.82) is 0 Å². The molecule has 8 heteroatoms. The molecule has 1 aromatic rings. The number of nitrogens with two attached hydrogens (primary N) is 1. The number of carbonyl (C=O) groups excluding carboxylic acids is 1. The normalized spacial score (nSPS) is 10.1. The molecule has 3 N–H and O–H groups in total. The third-order valence-electron chi connectivity index (χ3n) is 2.33. The second kappa shape index (κ2) is 12.0. The highest BCUT2D eigenvalue weighted by molar-refractivity contribution is 7.09. The van der Waals surface area contributed by atoms with Gasteiger partial charge in [0, 0.05) is 32.1 Å². The van der Waals surface area contributed by atoms with Crippen molar-refractivity contribution in [3.05, 3.63) is 16.1 Å². The van der Waals surface area contributed by atoms with Crippen LogP contribution in [-0.2, 0) is 15.9 Å². The first kappa shape index (κ1) is 19.3. The summed E-state index contributed by atoms with van der Waals surface area (Å²) in [5.41, 5.74) is 5.90. The topological polar surface area (TPSA) is 86.5 Å². The molecule has 0 spiro atoms. The second-order valence-electron chi connectivity index (χ2n) is 3.88. The molecule has 0 fully saturated rings. The average molecular weight is 324 g/mol. The maximum atomic E-state index is 11.7. The summed E-state index contributed by atoms with van der Waals surface area (Å²) in [5.74, 6) is -0.142. The fraction of sp³-hybridized carbons (Fsp3) is 0.667. The molecular formula is C12H22ClN3O3S. The van der Waals surface area contributed by atoms with E-state index < -0.39 is 0 Å². The Balaban J connectivity index is 0.00000361. The summed E-state index contributed by atoms with van der Waals surface area (Å²) in [6, 6.07) is 0. The van der Waals surface area contributed by atoms with Crippen molar-refractivity contribution in [3.8, 4) is 0 Å². The van der Waals surface area contributed by atoms with Gasteiger partial charge in [0.1, 0.15) is 5.69 Å². The predicted octanol–water partition coefficient (Wildman–Crippen LogP) is 0.849. The van der Waals surface area contributed by atoms with E-state index >= 15 is 0 Å². The van der Waals surface area contributed by atoms with Gasteiger partial charge in [-0.15, -0.1) is 23.7 Å². The van der Waals surface area contributed by atoms with E-state index in [1.54, 1.807) is 12.5 Å². The molecule has 1 rings (SSSR count). The molecule has 0 unspecified atom stereocenters. The molecule has 6 nitrogen and oxygen atoms in total. The van der Waals surface area contributed by atoms with Gasteiger partial charge in [0.15, 0.2) is 0 Å². The first-order chi connectivity index (χ1) is 9.27. The molecule has 0 saturated carbocycles. The Kier molecular flexibility index (Phi) is 11.6. The summed E-state index contributed by atoms with van der Waals surface area (Å²) in [7, 11) is 1.64. The zero-order valence-corrected chi connectivity index (χ0v) is 13.2. The van der Waals surface area contributed by atoms with Gasteiger partial charge < -0.3 is 20.5 Å². The van der Waals surface area contributed by atoms with Crippen LogP contribution in [0.5, 0.6) is 0 Å². The standard InChI is InChI=1S/C12H21N3O3S.ClH/c1-17-7-8-18-6-2-5-14-12(16)10-9-19-11(15-10)3-4-13;/h9H,2-8,13H2,1H3,(H,14,16);1H.